The van der Waals surface area contributed by atoms with Crippen molar-refractivity contribution >= 4 is 16.3 Å². The molecule has 0 saturated heterocycles. The molecule has 0 radical (unpaired) electrons. The van der Waals surface area contributed by atoms with Crippen molar-refractivity contribution in [3.63, 3.8) is 0 Å². The molecule has 1 aliphatic heterocycles. The number of para-hydroxylation sites is 2. The van der Waals surface area contributed by atoms with Crippen LogP contribution in [0.2, 0.25) is 0 Å². The molecular formula is C11H8N4O2S. The van der Waals surface area contributed by atoms with Crippen LogP contribution in [0, 0.1) is 0 Å². The summed E-state index contributed by atoms with van der Waals surface area (Å²) in [4.78, 5) is 0.757. The number of nitrogens with zero attached hydrogens (tertiary/aromatic N) is 4. The van der Waals surface area contributed by atoms with Gasteiger partial charge in [-0.3, -0.25) is 0 Å². The van der Waals surface area contributed by atoms with Gasteiger partial charge in [-0.05, 0) is 12.1 Å². The minimum atomic E-state index is -0.188. The molecule has 2 aromatic heterocycles. The van der Waals surface area contributed by atoms with Gasteiger partial charge in [-0.1, -0.05) is 23.5 Å². The molecular weight excluding hydrogens is 252 g/mol. The zero-order valence-electron chi connectivity index (χ0n) is 9.18. The van der Waals surface area contributed by atoms with Crippen molar-refractivity contribution in [3.05, 3.63) is 35.6 Å². The Kier molecular flexibility index (Phi) is 2.01. The van der Waals surface area contributed by atoms with E-state index in [1.54, 1.807) is 10.8 Å². The predicted molar refractivity (Wildman–Crippen MR) is 64.0 cm³/mol. The first-order valence-corrected chi connectivity index (χ1v) is 6.27. The van der Waals surface area contributed by atoms with Gasteiger partial charge in [0.2, 0.25) is 4.96 Å². The van der Waals surface area contributed by atoms with Crippen LogP contribution in [0.4, 0.5) is 0 Å². The summed E-state index contributed by atoms with van der Waals surface area (Å²) >= 11 is 1.46. The minimum absolute atomic E-state index is 0.188. The monoisotopic (exact) mass is 260 g/mol. The lowest BCUT2D eigenvalue weighted by molar-refractivity contribution is 0.0904. The van der Waals surface area contributed by atoms with Crippen LogP contribution in [-0.4, -0.2) is 26.4 Å². The Hall–Kier alpha value is -2.15. The molecule has 1 aromatic carbocycles. The number of hydrogen-bond donors (Lipinski definition) is 0. The average Bonchev–Trinajstić information content (AvgIpc) is 2.99. The quantitative estimate of drug-likeness (QED) is 0.666. The van der Waals surface area contributed by atoms with Gasteiger partial charge in [0.15, 0.2) is 22.6 Å². The van der Waals surface area contributed by atoms with Gasteiger partial charge in [0, 0.05) is 0 Å². The highest BCUT2D eigenvalue weighted by molar-refractivity contribution is 7.16. The van der Waals surface area contributed by atoms with Crippen molar-refractivity contribution in [2.24, 2.45) is 0 Å². The molecule has 0 N–H and O–H groups in total. The maximum absolute atomic E-state index is 5.88. The van der Waals surface area contributed by atoms with Crippen molar-refractivity contribution in [3.8, 4) is 11.5 Å². The third-order valence-corrected chi connectivity index (χ3v) is 3.69. The molecule has 90 valence electrons. The lowest BCUT2D eigenvalue weighted by atomic mass is 10.3. The van der Waals surface area contributed by atoms with E-state index in [0.29, 0.717) is 6.61 Å². The highest BCUT2D eigenvalue weighted by atomic mass is 32.1. The van der Waals surface area contributed by atoms with E-state index < -0.39 is 0 Å². The minimum Gasteiger partial charge on any atom is -0.485 e. The first kappa shape index (κ1) is 9.84. The van der Waals surface area contributed by atoms with Crippen molar-refractivity contribution in [2.75, 3.05) is 6.61 Å². The molecule has 18 heavy (non-hydrogen) atoms. The molecule has 0 bridgehead atoms. The smallest absolute Gasteiger partial charge is 0.234 e. The van der Waals surface area contributed by atoms with E-state index in [4.69, 9.17) is 9.47 Å². The van der Waals surface area contributed by atoms with Gasteiger partial charge in [-0.15, -0.1) is 10.2 Å². The van der Waals surface area contributed by atoms with Gasteiger partial charge >= 0.3 is 0 Å². The van der Waals surface area contributed by atoms with E-state index in [1.807, 2.05) is 24.3 Å². The standard InChI is InChI=1S/C11H8N4O2S/c1-2-4-8-7(3-1)16-5-9(17-8)10-14-15-6-12-13-11(15)18-10/h1-4,6,9H,5H2/t9-/m0/s1. The van der Waals surface area contributed by atoms with E-state index in [1.165, 1.54) is 11.3 Å². The van der Waals surface area contributed by atoms with E-state index in [2.05, 4.69) is 15.3 Å². The van der Waals surface area contributed by atoms with Crippen LogP contribution < -0.4 is 9.47 Å². The number of ether oxygens (including phenoxy) is 2. The molecule has 0 saturated carbocycles. The molecule has 1 aliphatic rings. The number of aromatic nitrogens is 4. The second kappa shape index (κ2) is 3.67. The van der Waals surface area contributed by atoms with Gasteiger partial charge in [-0.25, -0.2) is 0 Å². The summed E-state index contributed by atoms with van der Waals surface area (Å²) in [6.07, 6.45) is 1.39. The van der Waals surface area contributed by atoms with Crippen LogP contribution in [0.1, 0.15) is 11.1 Å². The van der Waals surface area contributed by atoms with Gasteiger partial charge in [0.1, 0.15) is 12.9 Å². The summed E-state index contributed by atoms with van der Waals surface area (Å²) in [6, 6.07) is 7.63. The lowest BCUT2D eigenvalue weighted by Crippen LogP contribution is -2.21. The van der Waals surface area contributed by atoms with Crippen molar-refractivity contribution < 1.29 is 9.47 Å². The Bertz CT molecular complexity index is 679. The Morgan fingerprint density at radius 1 is 1.28 bits per heavy atom. The summed E-state index contributed by atoms with van der Waals surface area (Å²) in [5.74, 6) is 1.52. The number of benzene rings is 1. The normalized spacial score (nSPS) is 18.1. The highest BCUT2D eigenvalue weighted by Gasteiger charge is 2.25. The fourth-order valence-electron chi connectivity index (χ4n) is 1.85. The SMILES string of the molecule is c1ccc2c(c1)OC[C@@H](c1nn3cnnc3s1)O2. The summed E-state index contributed by atoms with van der Waals surface area (Å²) in [6.45, 7) is 0.459. The molecule has 3 heterocycles. The predicted octanol–water partition coefficient (Wildman–Crippen LogP) is 1.70. The molecule has 4 rings (SSSR count). The van der Waals surface area contributed by atoms with Crippen LogP contribution in [0.3, 0.4) is 0 Å². The van der Waals surface area contributed by atoms with Crippen LogP contribution in [0.25, 0.3) is 4.96 Å². The van der Waals surface area contributed by atoms with Crippen LogP contribution in [-0.2, 0) is 0 Å². The fraction of sp³-hybridized carbons (Fsp3) is 0.182. The van der Waals surface area contributed by atoms with Gasteiger partial charge in [-0.2, -0.15) is 9.61 Å². The van der Waals surface area contributed by atoms with Crippen LogP contribution in [0.15, 0.2) is 30.6 Å². The molecule has 3 aromatic rings. The Morgan fingerprint density at radius 3 is 3.06 bits per heavy atom. The topological polar surface area (TPSA) is 61.5 Å². The van der Waals surface area contributed by atoms with Gasteiger partial charge < -0.3 is 9.47 Å². The zero-order chi connectivity index (χ0) is 11.9. The molecule has 6 nitrogen and oxygen atoms in total. The highest BCUT2D eigenvalue weighted by Crippen LogP contribution is 2.36. The molecule has 0 amide bonds. The second-order valence-electron chi connectivity index (χ2n) is 3.86. The van der Waals surface area contributed by atoms with Crippen LogP contribution in [0.5, 0.6) is 11.5 Å². The van der Waals surface area contributed by atoms with E-state index in [0.717, 1.165) is 21.5 Å². The lowest BCUT2D eigenvalue weighted by Gasteiger charge is -2.24. The fourth-order valence-corrected chi connectivity index (χ4v) is 2.68. The Morgan fingerprint density at radius 2 is 2.17 bits per heavy atom. The molecule has 0 aliphatic carbocycles. The zero-order valence-corrected chi connectivity index (χ0v) is 10.0. The summed E-state index contributed by atoms with van der Waals surface area (Å²) in [7, 11) is 0. The first-order valence-electron chi connectivity index (χ1n) is 5.45. The maximum atomic E-state index is 5.88. The molecule has 0 unspecified atom stereocenters. The van der Waals surface area contributed by atoms with Crippen molar-refractivity contribution in [2.45, 2.75) is 6.10 Å². The molecule has 1 atom stereocenters. The van der Waals surface area contributed by atoms with E-state index in [-0.39, 0.29) is 6.10 Å². The van der Waals surface area contributed by atoms with E-state index in [9.17, 15) is 0 Å². The maximum Gasteiger partial charge on any atom is 0.234 e. The summed E-state index contributed by atoms with van der Waals surface area (Å²) in [5, 5.41) is 12.9. The Labute approximate surface area is 106 Å². The number of fused-ring (bicyclic) bond motifs is 2. The third kappa shape index (κ3) is 1.44. The third-order valence-electron chi connectivity index (χ3n) is 2.69. The average molecular weight is 260 g/mol. The molecule has 7 heteroatoms. The van der Waals surface area contributed by atoms with Gasteiger partial charge in [0.05, 0.1) is 0 Å². The number of hydrogen-bond acceptors (Lipinski definition) is 6. The second-order valence-corrected chi connectivity index (χ2v) is 4.85. The number of rotatable bonds is 1. The van der Waals surface area contributed by atoms with E-state index >= 15 is 0 Å². The first-order chi connectivity index (χ1) is 8.90. The molecule has 0 fully saturated rings. The van der Waals surface area contributed by atoms with Gasteiger partial charge in [0.25, 0.3) is 0 Å². The summed E-state index contributed by atoms with van der Waals surface area (Å²) in [5.41, 5.74) is 0. The Balaban J connectivity index is 1.69. The summed E-state index contributed by atoms with van der Waals surface area (Å²) < 4.78 is 13.2. The van der Waals surface area contributed by atoms with Crippen molar-refractivity contribution in [1.29, 1.82) is 0 Å². The van der Waals surface area contributed by atoms with Crippen LogP contribution >= 0.6 is 11.3 Å². The largest absolute Gasteiger partial charge is 0.485 e. The molecule has 0 spiro atoms. The van der Waals surface area contributed by atoms with Crippen molar-refractivity contribution in [1.82, 2.24) is 19.8 Å².